The Morgan fingerprint density at radius 1 is 0.968 bits per heavy atom. The van der Waals surface area contributed by atoms with Gasteiger partial charge in [-0.25, -0.2) is 9.29 Å². The van der Waals surface area contributed by atoms with Crippen molar-refractivity contribution in [3.05, 3.63) is 82.4 Å². The van der Waals surface area contributed by atoms with E-state index in [2.05, 4.69) is 24.1 Å². The maximum atomic E-state index is 13.7. The zero-order chi connectivity index (χ0) is 22.0. The predicted octanol–water partition coefficient (Wildman–Crippen LogP) is 5.13. The Bertz CT molecular complexity index is 1140. The van der Waals surface area contributed by atoms with Crippen LogP contribution in [0.4, 0.5) is 21.5 Å². The molecule has 0 bridgehead atoms. The number of hydrogen-bond acceptors (Lipinski definition) is 5. The molecule has 0 saturated carbocycles. The fourth-order valence-corrected chi connectivity index (χ4v) is 4.41. The molecule has 2 heterocycles. The van der Waals surface area contributed by atoms with Crippen molar-refractivity contribution in [1.29, 1.82) is 0 Å². The van der Waals surface area contributed by atoms with E-state index in [1.54, 1.807) is 30.3 Å². The smallest absolute Gasteiger partial charge is 0.282 e. The van der Waals surface area contributed by atoms with Crippen molar-refractivity contribution in [2.45, 2.75) is 13.8 Å². The molecule has 2 amide bonds. The first-order valence-electron chi connectivity index (χ1n) is 10.1. The third-order valence-electron chi connectivity index (χ3n) is 5.18. The molecule has 0 saturated heterocycles. The second-order valence-electron chi connectivity index (χ2n) is 7.00. The van der Waals surface area contributed by atoms with Crippen molar-refractivity contribution in [1.82, 2.24) is 0 Å². The quantitative estimate of drug-likeness (QED) is 0.523. The molecule has 3 aromatic rings. The minimum Gasteiger partial charge on any atom is -0.372 e. The van der Waals surface area contributed by atoms with Gasteiger partial charge in [-0.3, -0.25) is 9.59 Å². The number of benzene rings is 2. The number of nitrogens with one attached hydrogen (secondary N) is 1. The minimum atomic E-state index is -0.465. The van der Waals surface area contributed by atoms with E-state index >= 15 is 0 Å². The van der Waals surface area contributed by atoms with E-state index in [0.717, 1.165) is 18.8 Å². The molecule has 158 valence electrons. The molecule has 0 spiro atoms. The maximum Gasteiger partial charge on any atom is 0.282 e. The number of hydrogen-bond donors (Lipinski definition) is 1. The summed E-state index contributed by atoms with van der Waals surface area (Å²) < 4.78 is 13.7. The van der Waals surface area contributed by atoms with Gasteiger partial charge >= 0.3 is 0 Å². The van der Waals surface area contributed by atoms with Crippen molar-refractivity contribution in [3.8, 4) is 0 Å². The zero-order valence-corrected chi connectivity index (χ0v) is 18.1. The zero-order valence-electron chi connectivity index (χ0n) is 17.3. The summed E-state index contributed by atoms with van der Waals surface area (Å²) in [6.45, 7) is 5.88. The Morgan fingerprint density at radius 3 is 2.32 bits per heavy atom. The Morgan fingerprint density at radius 2 is 1.71 bits per heavy atom. The normalized spacial score (nSPS) is 13.8. The van der Waals surface area contributed by atoms with Gasteiger partial charge in [0.15, 0.2) is 0 Å². The number of nitrogens with zero attached hydrogens (tertiary/aromatic N) is 2. The summed E-state index contributed by atoms with van der Waals surface area (Å²) >= 11 is 1.37. The molecule has 1 aliphatic heterocycles. The third kappa shape index (κ3) is 3.96. The summed E-state index contributed by atoms with van der Waals surface area (Å²) in [5.41, 5.74) is 2.36. The van der Waals surface area contributed by atoms with Crippen LogP contribution in [0.3, 0.4) is 0 Å². The number of halogens is 1. The van der Waals surface area contributed by atoms with Gasteiger partial charge in [-0.2, -0.15) is 0 Å². The summed E-state index contributed by atoms with van der Waals surface area (Å²) in [5, 5.41) is 4.82. The highest BCUT2D eigenvalue weighted by Crippen LogP contribution is 2.36. The van der Waals surface area contributed by atoms with Gasteiger partial charge in [0, 0.05) is 29.3 Å². The number of anilines is 3. The minimum absolute atomic E-state index is 0.144. The molecule has 1 aromatic heterocycles. The van der Waals surface area contributed by atoms with Crippen LogP contribution >= 0.6 is 11.3 Å². The van der Waals surface area contributed by atoms with Gasteiger partial charge in [-0.05, 0) is 67.8 Å². The molecule has 2 aromatic carbocycles. The van der Waals surface area contributed by atoms with Crippen LogP contribution < -0.4 is 15.1 Å². The Kier molecular flexibility index (Phi) is 5.86. The van der Waals surface area contributed by atoms with Crippen LogP contribution in [0, 0.1) is 5.82 Å². The van der Waals surface area contributed by atoms with Gasteiger partial charge in [0.2, 0.25) is 0 Å². The molecule has 31 heavy (non-hydrogen) atoms. The van der Waals surface area contributed by atoms with Gasteiger partial charge in [0.1, 0.15) is 11.5 Å². The topological polar surface area (TPSA) is 52.6 Å². The van der Waals surface area contributed by atoms with Gasteiger partial charge in [0.25, 0.3) is 11.8 Å². The van der Waals surface area contributed by atoms with Crippen molar-refractivity contribution >= 4 is 45.8 Å². The highest BCUT2D eigenvalue weighted by Gasteiger charge is 2.40. The number of imide groups is 1. The second-order valence-corrected chi connectivity index (χ2v) is 7.94. The average Bonchev–Trinajstić information content (AvgIpc) is 3.37. The highest BCUT2D eigenvalue weighted by atomic mass is 32.1. The molecule has 1 N–H and O–H groups in total. The standard InChI is InChI=1S/C24H22FN3O2S/c1-3-27(4-2)18-10-12-19(13-11-18)28-23(29)21(20-9-6-14-31-20)22(24(28)30)26-17-8-5-7-16(25)15-17/h5-15,26H,3-4H2,1-2H3. The third-order valence-corrected chi connectivity index (χ3v) is 6.07. The number of thiophene rings is 1. The summed E-state index contributed by atoms with van der Waals surface area (Å²) in [6.07, 6.45) is 0. The molecule has 1 aliphatic rings. The van der Waals surface area contributed by atoms with Crippen LogP contribution in [0.25, 0.3) is 5.57 Å². The van der Waals surface area contributed by atoms with Gasteiger partial charge in [-0.1, -0.05) is 12.1 Å². The van der Waals surface area contributed by atoms with E-state index < -0.39 is 17.6 Å². The number of carbonyl (C=O) groups excluding carboxylic acids is 2. The van der Waals surface area contributed by atoms with Gasteiger partial charge < -0.3 is 10.2 Å². The maximum absolute atomic E-state index is 13.7. The fraction of sp³-hybridized carbons (Fsp3) is 0.167. The molecule has 0 fully saturated rings. The molecule has 0 aliphatic carbocycles. The van der Waals surface area contributed by atoms with Gasteiger partial charge in [0.05, 0.1) is 11.3 Å². The summed E-state index contributed by atoms with van der Waals surface area (Å²) in [7, 11) is 0. The lowest BCUT2D eigenvalue weighted by Crippen LogP contribution is -2.32. The molecule has 0 atom stereocenters. The van der Waals surface area contributed by atoms with Crippen LogP contribution in [0.15, 0.2) is 71.7 Å². The van der Waals surface area contributed by atoms with Crippen LogP contribution in [0.5, 0.6) is 0 Å². The summed E-state index contributed by atoms with van der Waals surface area (Å²) in [4.78, 5) is 30.7. The summed E-state index contributed by atoms with van der Waals surface area (Å²) in [6, 6.07) is 16.8. The largest absolute Gasteiger partial charge is 0.372 e. The predicted molar refractivity (Wildman–Crippen MR) is 124 cm³/mol. The number of amides is 2. The Labute approximate surface area is 184 Å². The Hall–Kier alpha value is -3.45. The number of rotatable bonds is 7. The lowest BCUT2D eigenvalue weighted by molar-refractivity contribution is -0.120. The highest BCUT2D eigenvalue weighted by molar-refractivity contribution is 7.11. The fourth-order valence-electron chi connectivity index (χ4n) is 3.64. The molecular weight excluding hydrogens is 413 g/mol. The number of carbonyl (C=O) groups is 2. The van der Waals surface area contributed by atoms with Crippen molar-refractivity contribution in [2.24, 2.45) is 0 Å². The first-order chi connectivity index (χ1) is 15.0. The van der Waals surface area contributed by atoms with E-state index in [1.807, 2.05) is 23.6 Å². The molecular formula is C24H22FN3O2S. The lowest BCUT2D eigenvalue weighted by Gasteiger charge is -2.22. The average molecular weight is 436 g/mol. The second kappa shape index (κ2) is 8.73. The van der Waals surface area contributed by atoms with Crippen molar-refractivity contribution in [2.75, 3.05) is 28.2 Å². The van der Waals surface area contributed by atoms with E-state index in [9.17, 15) is 14.0 Å². The van der Waals surface area contributed by atoms with Crippen LogP contribution in [0.1, 0.15) is 18.7 Å². The van der Waals surface area contributed by atoms with E-state index in [0.29, 0.717) is 16.3 Å². The van der Waals surface area contributed by atoms with Gasteiger partial charge in [-0.15, -0.1) is 11.3 Å². The SMILES string of the molecule is CCN(CC)c1ccc(N2C(=O)C(Nc3cccc(F)c3)=C(c3cccs3)C2=O)cc1. The van der Waals surface area contributed by atoms with Crippen molar-refractivity contribution < 1.29 is 14.0 Å². The summed E-state index contributed by atoms with van der Waals surface area (Å²) in [5.74, 6) is -1.29. The monoisotopic (exact) mass is 435 g/mol. The Balaban J connectivity index is 1.71. The van der Waals surface area contributed by atoms with E-state index in [-0.39, 0.29) is 11.3 Å². The van der Waals surface area contributed by atoms with E-state index in [4.69, 9.17) is 0 Å². The first-order valence-corrected chi connectivity index (χ1v) is 11.0. The van der Waals surface area contributed by atoms with Crippen LogP contribution in [0.2, 0.25) is 0 Å². The van der Waals surface area contributed by atoms with Crippen LogP contribution in [-0.2, 0) is 9.59 Å². The van der Waals surface area contributed by atoms with Crippen molar-refractivity contribution in [3.63, 3.8) is 0 Å². The molecule has 7 heteroatoms. The molecule has 5 nitrogen and oxygen atoms in total. The first kappa shape index (κ1) is 20.8. The van der Waals surface area contributed by atoms with E-state index in [1.165, 1.54) is 28.4 Å². The lowest BCUT2D eigenvalue weighted by atomic mass is 10.2. The molecule has 4 rings (SSSR count). The molecule has 0 unspecified atom stereocenters. The van der Waals surface area contributed by atoms with Crippen LogP contribution in [-0.4, -0.2) is 24.9 Å². The molecule has 0 radical (unpaired) electrons.